The quantitative estimate of drug-likeness (QED) is 0.367. The number of nitrogen functional groups attached to an aromatic ring is 1. The maximum atomic E-state index is 15.6. The number of ether oxygens (including phenoxy) is 1. The molecule has 0 aliphatic heterocycles. The molecule has 0 amide bonds. The van der Waals surface area contributed by atoms with Gasteiger partial charge in [0.05, 0.1) is 16.1 Å². The molecule has 2 aromatic carbocycles. The number of hydrogen-bond donors (Lipinski definition) is 2. The molecule has 4 aromatic rings. The van der Waals surface area contributed by atoms with E-state index < -0.39 is 21.8 Å². The first-order valence-electron chi connectivity index (χ1n) is 10.3. The molecule has 0 fully saturated rings. The van der Waals surface area contributed by atoms with Crippen LogP contribution in [0, 0.1) is 12.7 Å². The minimum absolute atomic E-state index is 0.114. The SMILES string of the molecule is CC(=O)OCc1cc(C)cc(S(=O)(=O)Nc2cccc(-c3cn(C)c4ncnc(N)c34)c2F)c1Cl. The molecule has 0 unspecified atom stereocenters. The van der Waals surface area contributed by atoms with Crippen molar-refractivity contribution in [2.75, 3.05) is 10.5 Å². The molecule has 0 aliphatic carbocycles. The average molecular weight is 518 g/mol. The van der Waals surface area contributed by atoms with Crippen LogP contribution in [-0.2, 0) is 33.2 Å². The molecule has 0 spiro atoms. The molecule has 0 atom stereocenters. The Hall–Kier alpha value is -3.70. The van der Waals surface area contributed by atoms with E-state index in [1.807, 2.05) is 0 Å². The predicted octanol–water partition coefficient (Wildman–Crippen LogP) is 4.18. The molecule has 4 rings (SSSR count). The molecule has 0 aliphatic rings. The lowest BCUT2D eigenvalue weighted by Gasteiger charge is -2.15. The molecular weight excluding hydrogens is 497 g/mol. The largest absolute Gasteiger partial charge is 0.461 e. The van der Waals surface area contributed by atoms with Gasteiger partial charge >= 0.3 is 5.97 Å². The smallest absolute Gasteiger partial charge is 0.302 e. The van der Waals surface area contributed by atoms with E-state index in [0.29, 0.717) is 27.7 Å². The number of anilines is 2. The number of nitrogens with one attached hydrogen (secondary N) is 1. The number of nitrogens with two attached hydrogens (primary N) is 1. The van der Waals surface area contributed by atoms with E-state index >= 15 is 4.39 Å². The number of nitrogens with zero attached hydrogens (tertiary/aromatic N) is 3. The number of carbonyl (C=O) groups excluding carboxylic acids is 1. The summed E-state index contributed by atoms with van der Waals surface area (Å²) in [6, 6.07) is 7.28. The highest BCUT2D eigenvalue weighted by molar-refractivity contribution is 7.92. The Balaban J connectivity index is 1.77. The van der Waals surface area contributed by atoms with Gasteiger partial charge in [-0.2, -0.15) is 0 Å². The Bertz CT molecular complexity index is 1590. The monoisotopic (exact) mass is 517 g/mol. The molecule has 12 heteroatoms. The Morgan fingerprint density at radius 2 is 2.00 bits per heavy atom. The van der Waals surface area contributed by atoms with Gasteiger partial charge in [-0.1, -0.05) is 29.8 Å². The van der Waals surface area contributed by atoms with Crippen molar-refractivity contribution < 1.29 is 22.3 Å². The van der Waals surface area contributed by atoms with E-state index in [2.05, 4.69) is 14.7 Å². The van der Waals surface area contributed by atoms with Crippen LogP contribution in [0.15, 0.2) is 47.8 Å². The van der Waals surface area contributed by atoms with Crippen molar-refractivity contribution in [3.8, 4) is 11.1 Å². The van der Waals surface area contributed by atoms with Crippen molar-refractivity contribution in [2.45, 2.75) is 25.3 Å². The number of benzene rings is 2. The van der Waals surface area contributed by atoms with E-state index in [1.54, 1.807) is 30.8 Å². The fourth-order valence-electron chi connectivity index (χ4n) is 3.75. The third kappa shape index (κ3) is 4.64. The van der Waals surface area contributed by atoms with Crippen molar-refractivity contribution in [3.63, 3.8) is 0 Å². The topological polar surface area (TPSA) is 129 Å². The summed E-state index contributed by atoms with van der Waals surface area (Å²) in [4.78, 5) is 19.1. The van der Waals surface area contributed by atoms with Gasteiger partial charge in [-0.3, -0.25) is 9.52 Å². The molecule has 0 saturated carbocycles. The van der Waals surface area contributed by atoms with E-state index in [4.69, 9.17) is 22.1 Å². The molecule has 0 saturated heterocycles. The Kier molecular flexibility index (Phi) is 6.39. The Labute approximate surface area is 205 Å². The highest BCUT2D eigenvalue weighted by atomic mass is 35.5. The first kappa shape index (κ1) is 24.4. The van der Waals surface area contributed by atoms with E-state index in [-0.39, 0.29) is 33.6 Å². The molecule has 3 N–H and O–H groups in total. The summed E-state index contributed by atoms with van der Waals surface area (Å²) in [5, 5.41) is 0.325. The summed E-state index contributed by atoms with van der Waals surface area (Å²) >= 11 is 6.33. The minimum atomic E-state index is -4.31. The number of halogens is 2. The maximum Gasteiger partial charge on any atom is 0.302 e. The second-order valence-corrected chi connectivity index (χ2v) is 9.93. The molecule has 2 aromatic heterocycles. The Morgan fingerprint density at radius 1 is 1.26 bits per heavy atom. The number of fused-ring (bicyclic) bond motifs is 1. The second kappa shape index (κ2) is 9.16. The van der Waals surface area contributed by atoms with Gasteiger partial charge in [-0.15, -0.1) is 0 Å². The number of aryl methyl sites for hydroxylation is 2. The summed E-state index contributed by atoms with van der Waals surface area (Å²) in [6.07, 6.45) is 2.95. The van der Waals surface area contributed by atoms with Crippen LogP contribution in [0.25, 0.3) is 22.2 Å². The number of rotatable bonds is 6. The van der Waals surface area contributed by atoms with Crippen molar-refractivity contribution >= 4 is 50.1 Å². The van der Waals surface area contributed by atoms with Crippen LogP contribution in [-0.4, -0.2) is 28.9 Å². The van der Waals surface area contributed by atoms with Crippen molar-refractivity contribution in [2.24, 2.45) is 7.05 Å². The average Bonchev–Trinajstić information content (AvgIpc) is 3.13. The van der Waals surface area contributed by atoms with Crippen LogP contribution in [0.2, 0.25) is 5.02 Å². The summed E-state index contributed by atoms with van der Waals surface area (Å²) in [7, 11) is -2.58. The fourth-order valence-corrected chi connectivity index (χ4v) is 5.48. The normalized spacial score (nSPS) is 11.6. The molecule has 35 heavy (non-hydrogen) atoms. The molecule has 182 valence electrons. The number of esters is 1. The highest BCUT2D eigenvalue weighted by Gasteiger charge is 2.24. The summed E-state index contributed by atoms with van der Waals surface area (Å²) in [5.41, 5.74) is 7.64. The standard InChI is InChI=1S/C23H21ClFN5O4S/c1-12-7-14(10-34-13(2)31)20(24)18(8-12)35(32,33)29-17-6-4-5-15(21(17)25)16-9-30(3)23-19(16)22(26)27-11-28-23/h4-9,11,29H,10H2,1-3H3,(H2,26,27,28). The summed E-state index contributed by atoms with van der Waals surface area (Å²) in [6.45, 7) is 2.70. The maximum absolute atomic E-state index is 15.6. The molecule has 0 bridgehead atoms. The van der Waals surface area contributed by atoms with Gasteiger partial charge in [0.15, 0.2) is 5.82 Å². The van der Waals surface area contributed by atoms with Crippen LogP contribution in [0.1, 0.15) is 18.1 Å². The van der Waals surface area contributed by atoms with Gasteiger partial charge < -0.3 is 15.0 Å². The van der Waals surface area contributed by atoms with Gasteiger partial charge in [0.1, 0.15) is 29.3 Å². The van der Waals surface area contributed by atoms with Crippen molar-refractivity contribution in [1.82, 2.24) is 14.5 Å². The number of carbonyl (C=O) groups is 1. The highest BCUT2D eigenvalue weighted by Crippen LogP contribution is 2.37. The van der Waals surface area contributed by atoms with Crippen LogP contribution >= 0.6 is 11.6 Å². The van der Waals surface area contributed by atoms with Crippen molar-refractivity contribution in [3.05, 3.63) is 64.8 Å². The lowest BCUT2D eigenvalue weighted by atomic mass is 10.0. The molecular formula is C23H21ClFN5O4S. The lowest BCUT2D eigenvalue weighted by Crippen LogP contribution is -2.16. The molecule has 9 nitrogen and oxygen atoms in total. The first-order valence-corrected chi connectivity index (χ1v) is 12.1. The second-order valence-electron chi connectivity index (χ2n) is 7.90. The molecule has 2 heterocycles. The van der Waals surface area contributed by atoms with Crippen LogP contribution in [0.4, 0.5) is 15.9 Å². The number of sulfonamides is 1. The summed E-state index contributed by atoms with van der Waals surface area (Å²) < 4.78 is 51.0. The number of aromatic nitrogens is 3. The number of hydrogen-bond acceptors (Lipinski definition) is 7. The van der Waals surface area contributed by atoms with Gasteiger partial charge in [0.25, 0.3) is 10.0 Å². The first-order chi connectivity index (χ1) is 16.5. The zero-order valence-corrected chi connectivity index (χ0v) is 20.5. The zero-order chi connectivity index (χ0) is 25.5. The van der Waals surface area contributed by atoms with E-state index in [9.17, 15) is 13.2 Å². The predicted molar refractivity (Wildman–Crippen MR) is 131 cm³/mol. The van der Waals surface area contributed by atoms with Gasteiger partial charge in [-0.05, 0) is 24.6 Å². The van der Waals surface area contributed by atoms with E-state index in [1.165, 1.54) is 37.5 Å². The summed E-state index contributed by atoms with van der Waals surface area (Å²) in [5.74, 6) is -1.18. The minimum Gasteiger partial charge on any atom is -0.461 e. The fraction of sp³-hybridized carbons (Fsp3) is 0.174. The van der Waals surface area contributed by atoms with Crippen LogP contribution in [0.5, 0.6) is 0 Å². The van der Waals surface area contributed by atoms with Crippen LogP contribution in [0.3, 0.4) is 0 Å². The zero-order valence-electron chi connectivity index (χ0n) is 19.0. The Morgan fingerprint density at radius 3 is 2.71 bits per heavy atom. The third-order valence-electron chi connectivity index (χ3n) is 5.30. The van der Waals surface area contributed by atoms with Gasteiger partial charge in [0.2, 0.25) is 0 Å². The lowest BCUT2D eigenvalue weighted by molar-refractivity contribution is -0.142. The van der Waals surface area contributed by atoms with E-state index in [0.717, 1.165) is 0 Å². The molecule has 0 radical (unpaired) electrons. The van der Waals surface area contributed by atoms with Gasteiger partial charge in [0, 0.05) is 36.9 Å². The van der Waals surface area contributed by atoms with Crippen LogP contribution < -0.4 is 10.5 Å². The van der Waals surface area contributed by atoms with Gasteiger partial charge in [-0.25, -0.2) is 22.8 Å². The van der Waals surface area contributed by atoms with Crippen molar-refractivity contribution in [1.29, 1.82) is 0 Å². The third-order valence-corrected chi connectivity index (χ3v) is 7.24.